The summed E-state index contributed by atoms with van der Waals surface area (Å²) in [6.45, 7) is 1.54. The molecule has 1 atom stereocenters. The van der Waals surface area contributed by atoms with Crippen molar-refractivity contribution in [2.45, 2.75) is 28.7 Å². The van der Waals surface area contributed by atoms with Crippen LogP contribution in [0.2, 0.25) is 0 Å². The third-order valence-electron chi connectivity index (χ3n) is 4.40. The molecule has 2 heterocycles. The van der Waals surface area contributed by atoms with Crippen molar-refractivity contribution >= 4 is 27.2 Å². The van der Waals surface area contributed by atoms with Crippen LogP contribution in [0.1, 0.15) is 30.1 Å². The molecule has 3 rings (SSSR count). The standard InChI is InChI=1S/C18H22N2O3S2/c21-18(20-11-5-2-6-12-20)19-14-16(15-8-3-1-4-9-15)25(22,23)17-10-7-13-24-17/h1,3-4,7-10,13,16H,2,5-6,11-12,14H2,(H,19,21)/t16-/m1/s1. The van der Waals surface area contributed by atoms with Crippen LogP contribution in [-0.2, 0) is 9.84 Å². The van der Waals surface area contributed by atoms with Gasteiger partial charge in [-0.1, -0.05) is 36.4 Å². The highest BCUT2D eigenvalue weighted by Gasteiger charge is 2.31. The minimum atomic E-state index is -3.55. The van der Waals surface area contributed by atoms with Crippen LogP contribution in [0.25, 0.3) is 0 Å². The Kier molecular flexibility index (Phi) is 5.75. The highest BCUT2D eigenvalue weighted by Crippen LogP contribution is 2.31. The Morgan fingerprint density at radius 1 is 1.08 bits per heavy atom. The molecule has 1 aliphatic heterocycles. The van der Waals surface area contributed by atoms with Crippen molar-refractivity contribution in [1.82, 2.24) is 10.2 Å². The fourth-order valence-electron chi connectivity index (χ4n) is 3.03. The summed E-state index contributed by atoms with van der Waals surface area (Å²) >= 11 is 1.20. The molecule has 0 unspecified atom stereocenters. The zero-order valence-electron chi connectivity index (χ0n) is 13.9. The van der Waals surface area contributed by atoms with Crippen LogP contribution in [0.5, 0.6) is 0 Å². The molecule has 1 saturated heterocycles. The van der Waals surface area contributed by atoms with E-state index in [1.807, 2.05) is 18.2 Å². The number of carbonyl (C=O) groups is 1. The molecule has 5 nitrogen and oxygen atoms in total. The Morgan fingerprint density at radius 2 is 1.80 bits per heavy atom. The number of piperidine rings is 1. The highest BCUT2D eigenvalue weighted by molar-refractivity contribution is 7.93. The maximum Gasteiger partial charge on any atom is 0.317 e. The molecule has 1 aliphatic rings. The minimum Gasteiger partial charge on any atom is -0.336 e. The molecule has 7 heteroatoms. The van der Waals surface area contributed by atoms with Gasteiger partial charge < -0.3 is 10.2 Å². The molecule has 2 aromatic rings. The second-order valence-corrected chi connectivity index (χ2v) is 9.42. The number of thiophene rings is 1. The fourth-order valence-corrected chi connectivity index (χ4v) is 5.90. The lowest BCUT2D eigenvalue weighted by molar-refractivity contribution is 0.186. The SMILES string of the molecule is O=C(NC[C@H](c1ccccc1)S(=O)(=O)c1cccs1)N1CCCCC1. The van der Waals surface area contributed by atoms with E-state index in [-0.39, 0.29) is 12.6 Å². The average molecular weight is 379 g/mol. The van der Waals surface area contributed by atoms with Gasteiger partial charge in [-0.25, -0.2) is 13.2 Å². The number of urea groups is 1. The lowest BCUT2D eigenvalue weighted by Crippen LogP contribution is -2.44. The van der Waals surface area contributed by atoms with E-state index in [9.17, 15) is 13.2 Å². The third-order valence-corrected chi connectivity index (χ3v) is 7.94. The molecule has 1 N–H and O–H groups in total. The zero-order chi connectivity index (χ0) is 17.7. The Hall–Kier alpha value is -1.86. The van der Waals surface area contributed by atoms with Gasteiger partial charge in [-0.3, -0.25) is 0 Å². The first-order valence-corrected chi connectivity index (χ1v) is 10.9. The monoisotopic (exact) mass is 378 g/mol. The number of rotatable bonds is 5. The van der Waals surface area contributed by atoms with Crippen molar-refractivity contribution < 1.29 is 13.2 Å². The van der Waals surface area contributed by atoms with E-state index in [1.54, 1.807) is 34.5 Å². The maximum absolute atomic E-state index is 13.0. The Balaban J connectivity index is 1.79. The number of hydrogen-bond acceptors (Lipinski definition) is 4. The van der Waals surface area contributed by atoms with E-state index in [0.717, 1.165) is 32.4 Å². The predicted octanol–water partition coefficient (Wildman–Crippen LogP) is 3.46. The normalized spacial score (nSPS) is 16.4. The number of benzene rings is 1. The number of nitrogens with zero attached hydrogens (tertiary/aromatic N) is 1. The van der Waals surface area contributed by atoms with Crippen molar-refractivity contribution in [2.24, 2.45) is 0 Å². The second-order valence-electron chi connectivity index (χ2n) is 6.11. The quantitative estimate of drug-likeness (QED) is 0.866. The number of nitrogens with one attached hydrogen (secondary N) is 1. The Labute approximate surface area is 152 Å². The molecule has 2 amide bonds. The molecule has 1 fully saturated rings. The number of likely N-dealkylation sites (tertiary alicyclic amines) is 1. The van der Waals surface area contributed by atoms with Crippen LogP contribution in [0.3, 0.4) is 0 Å². The molecule has 134 valence electrons. The van der Waals surface area contributed by atoms with Gasteiger partial charge in [0.2, 0.25) is 0 Å². The van der Waals surface area contributed by atoms with Crippen molar-refractivity contribution in [3.63, 3.8) is 0 Å². The van der Waals surface area contributed by atoms with Crippen LogP contribution < -0.4 is 5.32 Å². The molecular weight excluding hydrogens is 356 g/mol. The second kappa shape index (κ2) is 8.01. The van der Waals surface area contributed by atoms with Crippen molar-refractivity contribution in [1.29, 1.82) is 0 Å². The Bertz CT molecular complexity index is 783. The van der Waals surface area contributed by atoms with Crippen LogP contribution in [0.15, 0.2) is 52.1 Å². The van der Waals surface area contributed by atoms with E-state index in [2.05, 4.69) is 5.32 Å². The van der Waals surface area contributed by atoms with Gasteiger partial charge >= 0.3 is 6.03 Å². The fraction of sp³-hybridized carbons (Fsp3) is 0.389. The van der Waals surface area contributed by atoms with Gasteiger partial charge in [-0.2, -0.15) is 0 Å². The number of sulfone groups is 1. The molecule has 1 aromatic heterocycles. The largest absolute Gasteiger partial charge is 0.336 e. The van der Waals surface area contributed by atoms with Crippen LogP contribution in [0, 0.1) is 0 Å². The maximum atomic E-state index is 13.0. The predicted molar refractivity (Wildman–Crippen MR) is 99.5 cm³/mol. The molecule has 0 radical (unpaired) electrons. The molecule has 0 spiro atoms. The number of amides is 2. The summed E-state index contributed by atoms with van der Waals surface area (Å²) in [5.74, 6) is 0. The smallest absolute Gasteiger partial charge is 0.317 e. The van der Waals surface area contributed by atoms with E-state index in [0.29, 0.717) is 9.77 Å². The number of hydrogen-bond donors (Lipinski definition) is 1. The lowest BCUT2D eigenvalue weighted by atomic mass is 10.1. The van der Waals surface area contributed by atoms with Gasteiger partial charge in [-0.05, 0) is 36.3 Å². The summed E-state index contributed by atoms with van der Waals surface area (Å²) in [6, 6.07) is 12.2. The summed E-state index contributed by atoms with van der Waals surface area (Å²) < 4.78 is 26.4. The molecule has 25 heavy (non-hydrogen) atoms. The van der Waals surface area contributed by atoms with Crippen LogP contribution in [-0.4, -0.2) is 39.0 Å². The summed E-state index contributed by atoms with van der Waals surface area (Å²) in [5.41, 5.74) is 0.690. The average Bonchev–Trinajstić information content (AvgIpc) is 3.19. The van der Waals surface area contributed by atoms with Gasteiger partial charge in [0.25, 0.3) is 0 Å². The number of carbonyl (C=O) groups excluding carboxylic acids is 1. The first-order chi connectivity index (χ1) is 12.1. The lowest BCUT2D eigenvalue weighted by Gasteiger charge is -2.28. The van der Waals surface area contributed by atoms with Crippen LogP contribution in [0.4, 0.5) is 4.79 Å². The van der Waals surface area contributed by atoms with Gasteiger partial charge in [0.05, 0.1) is 0 Å². The first kappa shape index (κ1) is 17.9. The van der Waals surface area contributed by atoms with E-state index >= 15 is 0 Å². The zero-order valence-corrected chi connectivity index (χ0v) is 15.6. The Morgan fingerprint density at radius 3 is 2.44 bits per heavy atom. The van der Waals surface area contributed by atoms with Crippen LogP contribution >= 0.6 is 11.3 Å². The minimum absolute atomic E-state index is 0.0690. The topological polar surface area (TPSA) is 66.5 Å². The third kappa shape index (κ3) is 4.22. The molecule has 0 aliphatic carbocycles. The first-order valence-electron chi connectivity index (χ1n) is 8.44. The summed E-state index contributed by atoms with van der Waals surface area (Å²) in [7, 11) is -3.55. The van der Waals surface area contributed by atoms with Gasteiger partial charge in [0, 0.05) is 19.6 Å². The van der Waals surface area contributed by atoms with Crippen molar-refractivity contribution in [3.8, 4) is 0 Å². The summed E-state index contributed by atoms with van der Waals surface area (Å²) in [6.07, 6.45) is 3.15. The molecular formula is C18H22N2O3S2. The van der Waals surface area contributed by atoms with Crippen molar-refractivity contribution in [2.75, 3.05) is 19.6 Å². The van der Waals surface area contributed by atoms with Gasteiger partial charge in [-0.15, -0.1) is 11.3 Å². The summed E-state index contributed by atoms with van der Waals surface area (Å²) in [5, 5.41) is 3.79. The van der Waals surface area contributed by atoms with E-state index in [1.165, 1.54) is 11.3 Å². The highest BCUT2D eigenvalue weighted by atomic mass is 32.2. The molecule has 0 bridgehead atoms. The van der Waals surface area contributed by atoms with Gasteiger partial charge in [0.15, 0.2) is 9.84 Å². The summed E-state index contributed by atoms with van der Waals surface area (Å²) in [4.78, 5) is 14.1. The molecule has 0 saturated carbocycles. The van der Waals surface area contributed by atoms with Crippen molar-refractivity contribution in [3.05, 3.63) is 53.4 Å². The van der Waals surface area contributed by atoms with E-state index < -0.39 is 15.1 Å². The molecule has 1 aromatic carbocycles. The van der Waals surface area contributed by atoms with Gasteiger partial charge in [0.1, 0.15) is 9.46 Å². The van der Waals surface area contributed by atoms with E-state index in [4.69, 9.17) is 0 Å².